The van der Waals surface area contributed by atoms with Crippen LogP contribution < -0.4 is 19.5 Å². The Morgan fingerprint density at radius 2 is 1.82 bits per heavy atom. The van der Waals surface area contributed by atoms with Gasteiger partial charge in [-0.25, -0.2) is 0 Å². The fraction of sp³-hybridized carbons (Fsp3) is 0.185. The molecule has 0 atom stereocenters. The topological polar surface area (TPSA) is 80.6 Å². The average Bonchev–Trinajstić information content (AvgIpc) is 2.83. The van der Waals surface area contributed by atoms with Crippen LogP contribution in [0.1, 0.15) is 25.0 Å². The van der Waals surface area contributed by atoms with Crippen LogP contribution in [0.3, 0.4) is 0 Å². The maximum absolute atomic E-state index is 12.7. The van der Waals surface area contributed by atoms with Crippen molar-refractivity contribution in [3.8, 4) is 23.3 Å². The number of anilines is 1. The Labute approximate surface area is 207 Å². The Kier molecular flexibility index (Phi) is 8.72. The molecule has 0 aliphatic carbocycles. The molecule has 6 nitrogen and oxygen atoms in total. The third kappa shape index (κ3) is 6.87. The summed E-state index contributed by atoms with van der Waals surface area (Å²) in [5.41, 5.74) is 2.19. The lowest BCUT2D eigenvalue weighted by molar-refractivity contribution is -0.112. The van der Waals surface area contributed by atoms with E-state index in [1.807, 2.05) is 50.2 Å². The van der Waals surface area contributed by atoms with E-state index in [1.54, 1.807) is 36.4 Å². The number of ether oxygens (including phenoxy) is 3. The number of hydrogen-bond donors (Lipinski definition) is 1. The number of amides is 1. The van der Waals surface area contributed by atoms with Crippen LogP contribution in [0.2, 0.25) is 0 Å². The molecule has 1 N–H and O–H groups in total. The third-order valence-corrected chi connectivity index (χ3v) is 5.23. The summed E-state index contributed by atoms with van der Waals surface area (Å²) in [5, 5.41) is 12.3. The highest BCUT2D eigenvalue weighted by Gasteiger charge is 2.15. The lowest BCUT2D eigenvalue weighted by Gasteiger charge is -2.16. The van der Waals surface area contributed by atoms with E-state index in [0.717, 1.165) is 5.56 Å². The molecule has 174 valence electrons. The van der Waals surface area contributed by atoms with Crippen LogP contribution in [0.15, 0.2) is 76.8 Å². The molecule has 0 aliphatic rings. The molecule has 0 heterocycles. The number of carbonyl (C=O) groups is 1. The number of methoxy groups -OCH3 is 1. The van der Waals surface area contributed by atoms with Gasteiger partial charge in [-0.1, -0.05) is 30.3 Å². The third-order valence-electron chi connectivity index (χ3n) is 4.64. The normalized spacial score (nSPS) is 11.0. The molecule has 0 fully saturated rings. The van der Waals surface area contributed by atoms with Crippen LogP contribution in [0.4, 0.5) is 5.69 Å². The highest BCUT2D eigenvalue weighted by molar-refractivity contribution is 9.10. The van der Waals surface area contributed by atoms with Gasteiger partial charge in [0.1, 0.15) is 24.0 Å². The van der Waals surface area contributed by atoms with E-state index in [1.165, 1.54) is 13.2 Å². The summed E-state index contributed by atoms with van der Waals surface area (Å²) < 4.78 is 17.6. The van der Waals surface area contributed by atoms with Crippen molar-refractivity contribution in [2.75, 3.05) is 12.4 Å². The molecule has 3 rings (SSSR count). The molecular weight excluding hydrogens is 496 g/mol. The van der Waals surface area contributed by atoms with E-state index in [2.05, 4.69) is 21.2 Å². The average molecular weight is 521 g/mol. The Morgan fingerprint density at radius 1 is 1.12 bits per heavy atom. The van der Waals surface area contributed by atoms with Crippen LogP contribution in [0.5, 0.6) is 17.2 Å². The van der Waals surface area contributed by atoms with Crippen molar-refractivity contribution in [1.82, 2.24) is 0 Å². The fourth-order valence-corrected chi connectivity index (χ4v) is 3.62. The second-order valence-electron chi connectivity index (χ2n) is 7.62. The molecule has 0 spiro atoms. The molecule has 3 aromatic carbocycles. The lowest BCUT2D eigenvalue weighted by atomic mass is 10.1. The van der Waals surface area contributed by atoms with Crippen molar-refractivity contribution < 1.29 is 19.0 Å². The van der Waals surface area contributed by atoms with Gasteiger partial charge in [-0.05, 0) is 83.4 Å². The van der Waals surface area contributed by atoms with E-state index >= 15 is 0 Å². The molecule has 0 bridgehead atoms. The van der Waals surface area contributed by atoms with E-state index in [0.29, 0.717) is 39.6 Å². The minimum Gasteiger partial charge on any atom is -0.493 e. The summed E-state index contributed by atoms with van der Waals surface area (Å²) in [5.74, 6) is 1.22. The van der Waals surface area contributed by atoms with Crippen molar-refractivity contribution in [1.29, 1.82) is 5.26 Å². The van der Waals surface area contributed by atoms with Gasteiger partial charge in [0.2, 0.25) is 0 Å². The second-order valence-corrected chi connectivity index (χ2v) is 8.48. The molecule has 0 aromatic heterocycles. The summed E-state index contributed by atoms with van der Waals surface area (Å²) in [7, 11) is 1.54. The van der Waals surface area contributed by atoms with Gasteiger partial charge in [0.25, 0.3) is 5.91 Å². The minimum atomic E-state index is -0.516. The summed E-state index contributed by atoms with van der Waals surface area (Å²) in [6.45, 7) is 4.29. The summed E-state index contributed by atoms with van der Waals surface area (Å²) >= 11 is 3.47. The van der Waals surface area contributed by atoms with E-state index in [-0.39, 0.29) is 11.7 Å². The number of benzene rings is 3. The minimum absolute atomic E-state index is 0.0397. The smallest absolute Gasteiger partial charge is 0.266 e. The van der Waals surface area contributed by atoms with Crippen molar-refractivity contribution in [3.05, 3.63) is 87.9 Å². The monoisotopic (exact) mass is 520 g/mol. The molecule has 0 unspecified atom stereocenters. The summed E-state index contributed by atoms with van der Waals surface area (Å²) in [4.78, 5) is 12.7. The molecule has 0 saturated carbocycles. The number of nitrogens with one attached hydrogen (secondary N) is 1. The maximum Gasteiger partial charge on any atom is 0.266 e. The number of nitriles is 1. The van der Waals surface area contributed by atoms with Gasteiger partial charge in [-0.2, -0.15) is 5.26 Å². The van der Waals surface area contributed by atoms with Gasteiger partial charge in [-0.15, -0.1) is 0 Å². The van der Waals surface area contributed by atoms with Crippen molar-refractivity contribution in [2.24, 2.45) is 0 Å². The van der Waals surface area contributed by atoms with Gasteiger partial charge in [0, 0.05) is 5.69 Å². The Hall–Kier alpha value is -3.76. The van der Waals surface area contributed by atoms with Gasteiger partial charge in [0.05, 0.1) is 17.7 Å². The molecule has 0 saturated heterocycles. The number of halogens is 1. The summed E-state index contributed by atoms with van der Waals surface area (Å²) in [6, 6.07) is 22.3. The van der Waals surface area contributed by atoms with Crippen LogP contribution in [0, 0.1) is 11.3 Å². The predicted octanol–water partition coefficient (Wildman–Crippen LogP) is 6.37. The Morgan fingerprint density at radius 3 is 2.44 bits per heavy atom. The first-order chi connectivity index (χ1) is 16.4. The zero-order valence-corrected chi connectivity index (χ0v) is 20.8. The number of rotatable bonds is 9. The highest BCUT2D eigenvalue weighted by Crippen LogP contribution is 2.38. The van der Waals surface area contributed by atoms with Gasteiger partial charge in [-0.3, -0.25) is 4.79 Å². The predicted molar refractivity (Wildman–Crippen MR) is 136 cm³/mol. The Bertz CT molecular complexity index is 1200. The standard InChI is InChI=1S/C27H25BrN2O4/c1-18(2)34-26-24(28)14-20(15-25(26)32-3)13-21(16-29)27(31)30-22-9-11-23(12-10-22)33-17-19-7-5-4-6-8-19/h4-15,18H,17H2,1-3H3,(H,30,31)/b21-13+. The van der Waals surface area contributed by atoms with Crippen molar-refractivity contribution in [3.63, 3.8) is 0 Å². The zero-order chi connectivity index (χ0) is 24.5. The lowest BCUT2D eigenvalue weighted by Crippen LogP contribution is -2.13. The molecule has 1 amide bonds. The van der Waals surface area contributed by atoms with E-state index in [9.17, 15) is 10.1 Å². The first kappa shape index (κ1) is 24.9. The zero-order valence-electron chi connectivity index (χ0n) is 19.2. The largest absolute Gasteiger partial charge is 0.493 e. The van der Waals surface area contributed by atoms with Gasteiger partial charge < -0.3 is 19.5 Å². The van der Waals surface area contributed by atoms with Crippen LogP contribution >= 0.6 is 15.9 Å². The van der Waals surface area contributed by atoms with Crippen LogP contribution in [0.25, 0.3) is 6.08 Å². The van der Waals surface area contributed by atoms with Crippen LogP contribution in [-0.4, -0.2) is 19.1 Å². The van der Waals surface area contributed by atoms with Crippen LogP contribution in [-0.2, 0) is 11.4 Å². The SMILES string of the molecule is COc1cc(/C=C(\C#N)C(=O)Nc2ccc(OCc3ccccc3)cc2)cc(Br)c1OC(C)C. The first-order valence-electron chi connectivity index (χ1n) is 10.6. The Balaban J connectivity index is 1.69. The van der Waals surface area contributed by atoms with Gasteiger partial charge in [0.15, 0.2) is 11.5 Å². The quantitative estimate of drug-likeness (QED) is 0.262. The number of hydrogen-bond acceptors (Lipinski definition) is 5. The number of carbonyl (C=O) groups excluding carboxylic acids is 1. The molecule has 3 aromatic rings. The first-order valence-corrected chi connectivity index (χ1v) is 11.4. The van der Waals surface area contributed by atoms with Crippen molar-refractivity contribution >= 4 is 33.6 Å². The maximum atomic E-state index is 12.7. The highest BCUT2D eigenvalue weighted by atomic mass is 79.9. The second kappa shape index (κ2) is 11.9. The molecular formula is C27H25BrN2O4. The number of nitrogens with zero attached hydrogens (tertiary/aromatic N) is 1. The van der Waals surface area contributed by atoms with E-state index < -0.39 is 5.91 Å². The fourth-order valence-electron chi connectivity index (χ4n) is 3.06. The van der Waals surface area contributed by atoms with Gasteiger partial charge >= 0.3 is 0 Å². The molecule has 0 aliphatic heterocycles. The summed E-state index contributed by atoms with van der Waals surface area (Å²) in [6.07, 6.45) is 1.46. The van der Waals surface area contributed by atoms with E-state index in [4.69, 9.17) is 14.2 Å². The van der Waals surface area contributed by atoms with Crippen molar-refractivity contribution in [2.45, 2.75) is 26.6 Å². The molecule has 34 heavy (non-hydrogen) atoms. The molecule has 0 radical (unpaired) electrons. The molecule has 7 heteroatoms.